The van der Waals surface area contributed by atoms with Crippen LogP contribution in [0.4, 0.5) is 0 Å². The molecule has 11 heteroatoms. The van der Waals surface area contributed by atoms with Gasteiger partial charge >= 0.3 is 35.8 Å². The minimum atomic E-state index is -1.54. The molecular formula is C26H18O11. The van der Waals surface area contributed by atoms with Crippen LogP contribution in [0.2, 0.25) is 0 Å². The van der Waals surface area contributed by atoms with E-state index in [-0.39, 0.29) is 18.4 Å². The van der Waals surface area contributed by atoms with Crippen LogP contribution in [0.5, 0.6) is 0 Å². The summed E-state index contributed by atoms with van der Waals surface area (Å²) < 4.78 is 4.95. The first-order chi connectivity index (χ1) is 17.4. The van der Waals surface area contributed by atoms with E-state index in [1.54, 1.807) is 6.08 Å². The summed E-state index contributed by atoms with van der Waals surface area (Å²) >= 11 is 0. The highest BCUT2D eigenvalue weighted by Gasteiger charge is 2.58. The maximum atomic E-state index is 12.9. The van der Waals surface area contributed by atoms with Gasteiger partial charge in [0.1, 0.15) is 5.41 Å². The zero-order chi connectivity index (χ0) is 27.1. The number of cyclic esters (lactones) is 2. The molecule has 37 heavy (non-hydrogen) atoms. The largest absolute Gasteiger partial charge is 0.478 e. The predicted octanol–water partition coefficient (Wildman–Crippen LogP) is 2.45. The Balaban J connectivity index is 1.71. The Morgan fingerprint density at radius 2 is 1.27 bits per heavy atom. The van der Waals surface area contributed by atoms with Gasteiger partial charge in [-0.2, -0.15) is 0 Å². The fraction of sp³-hybridized carbons (Fsp3) is 0.154. The number of benzene rings is 2. The maximum Gasteiger partial charge on any atom is 0.336 e. The van der Waals surface area contributed by atoms with E-state index < -0.39 is 69.4 Å². The Bertz CT molecular complexity index is 1460. The number of hydrogen-bond donors (Lipinski definition) is 4. The molecule has 2 atom stereocenters. The first-order valence-corrected chi connectivity index (χ1v) is 10.8. The van der Waals surface area contributed by atoms with E-state index in [1.807, 2.05) is 0 Å². The smallest absolute Gasteiger partial charge is 0.336 e. The van der Waals surface area contributed by atoms with Gasteiger partial charge in [0.15, 0.2) is 0 Å². The van der Waals surface area contributed by atoms with E-state index >= 15 is 0 Å². The molecule has 1 heterocycles. The second-order valence-corrected chi connectivity index (χ2v) is 8.62. The third-order valence-corrected chi connectivity index (χ3v) is 6.39. The van der Waals surface area contributed by atoms with Crippen molar-refractivity contribution in [1.29, 1.82) is 0 Å². The van der Waals surface area contributed by atoms with Crippen LogP contribution in [0, 0.1) is 11.3 Å². The molecule has 4 rings (SSSR count). The molecule has 1 saturated heterocycles. The average Bonchev–Trinajstić information content (AvgIpc) is 3.08. The molecule has 0 spiro atoms. The molecule has 2 aromatic carbocycles. The van der Waals surface area contributed by atoms with Gasteiger partial charge < -0.3 is 25.2 Å². The van der Waals surface area contributed by atoms with Gasteiger partial charge in [0.25, 0.3) is 0 Å². The summed E-state index contributed by atoms with van der Waals surface area (Å²) in [4.78, 5) is 71.6. The van der Waals surface area contributed by atoms with Gasteiger partial charge in [-0.25, -0.2) is 19.2 Å². The molecule has 0 saturated carbocycles. The molecule has 188 valence electrons. The van der Waals surface area contributed by atoms with Crippen molar-refractivity contribution in [2.45, 2.75) is 12.8 Å². The quantitative estimate of drug-likeness (QED) is 0.303. The minimum absolute atomic E-state index is 0.00234. The SMILES string of the molecule is O=C(O)c1ccc(CC2=CC=CC3(Cc4ccc(C(=O)O)c(C(=O)O)c4)C(=O)OC(=O)C23)cc1C(=O)O. The molecule has 11 nitrogen and oxygen atoms in total. The summed E-state index contributed by atoms with van der Waals surface area (Å²) in [6.07, 6.45) is 4.39. The highest BCUT2D eigenvalue weighted by molar-refractivity contribution is 6.04. The van der Waals surface area contributed by atoms with Crippen molar-refractivity contribution in [3.8, 4) is 0 Å². The van der Waals surface area contributed by atoms with Crippen LogP contribution in [-0.4, -0.2) is 56.2 Å². The lowest BCUT2D eigenvalue weighted by Crippen LogP contribution is -2.37. The summed E-state index contributed by atoms with van der Waals surface area (Å²) in [5, 5.41) is 37.3. The lowest BCUT2D eigenvalue weighted by Gasteiger charge is -2.31. The Morgan fingerprint density at radius 3 is 1.81 bits per heavy atom. The van der Waals surface area contributed by atoms with E-state index in [0.717, 1.165) is 18.2 Å². The van der Waals surface area contributed by atoms with Crippen molar-refractivity contribution in [2.75, 3.05) is 0 Å². The van der Waals surface area contributed by atoms with Crippen LogP contribution >= 0.6 is 0 Å². The van der Waals surface area contributed by atoms with Gasteiger partial charge in [0, 0.05) is 0 Å². The number of aromatic carboxylic acids is 4. The molecule has 4 N–H and O–H groups in total. The molecule has 0 bridgehead atoms. The number of rotatable bonds is 8. The fourth-order valence-corrected chi connectivity index (χ4v) is 4.76. The molecule has 1 aliphatic carbocycles. The van der Waals surface area contributed by atoms with Crippen molar-refractivity contribution in [3.63, 3.8) is 0 Å². The molecule has 0 radical (unpaired) electrons. The topological polar surface area (TPSA) is 193 Å². The highest BCUT2D eigenvalue weighted by atomic mass is 16.6. The zero-order valence-electron chi connectivity index (χ0n) is 18.8. The monoisotopic (exact) mass is 506 g/mol. The third kappa shape index (κ3) is 4.38. The summed E-state index contributed by atoms with van der Waals surface area (Å²) in [6, 6.07) is 7.32. The molecular weight excluding hydrogens is 488 g/mol. The summed E-state index contributed by atoms with van der Waals surface area (Å²) in [5.41, 5.74) is -2.24. The van der Waals surface area contributed by atoms with Crippen molar-refractivity contribution < 1.29 is 53.9 Å². The van der Waals surface area contributed by atoms with Crippen molar-refractivity contribution >= 4 is 35.8 Å². The number of fused-ring (bicyclic) bond motifs is 1. The standard InChI is InChI=1S/C26H18O11/c27-20(28)15-5-3-12(9-17(15)22(31)32)8-14-2-1-7-26(19(14)24(35)37-25(26)36)11-13-4-6-16(21(29)30)18(10-13)23(33)34/h1-7,9-10,19H,8,11H2,(H,27,28)(H,29,30)(H,31,32)(H,33,34). The van der Waals surface area contributed by atoms with Gasteiger partial charge in [-0.15, -0.1) is 0 Å². The third-order valence-electron chi connectivity index (χ3n) is 6.39. The van der Waals surface area contributed by atoms with Crippen LogP contribution in [0.1, 0.15) is 52.6 Å². The van der Waals surface area contributed by atoms with E-state index in [1.165, 1.54) is 30.4 Å². The van der Waals surface area contributed by atoms with Gasteiger partial charge in [-0.3, -0.25) is 9.59 Å². The number of carboxylic acid groups (broad SMARTS) is 4. The predicted molar refractivity (Wildman–Crippen MR) is 122 cm³/mol. The van der Waals surface area contributed by atoms with Crippen LogP contribution in [-0.2, 0) is 27.2 Å². The first kappa shape index (κ1) is 25.0. The highest BCUT2D eigenvalue weighted by Crippen LogP contribution is 2.48. The van der Waals surface area contributed by atoms with Crippen molar-refractivity contribution in [3.05, 3.63) is 93.6 Å². The average molecular weight is 506 g/mol. The minimum Gasteiger partial charge on any atom is -0.478 e. The second kappa shape index (κ2) is 9.19. The number of hydrogen-bond acceptors (Lipinski definition) is 7. The van der Waals surface area contributed by atoms with Crippen molar-refractivity contribution in [2.24, 2.45) is 11.3 Å². The van der Waals surface area contributed by atoms with E-state index in [2.05, 4.69) is 0 Å². The Labute approximate surface area is 207 Å². The number of esters is 2. The number of allylic oxidation sites excluding steroid dienone is 2. The summed E-state index contributed by atoms with van der Waals surface area (Å²) in [5.74, 6) is -8.60. The molecule has 2 aromatic rings. The Hall–Kier alpha value is -5.06. The van der Waals surface area contributed by atoms with Gasteiger partial charge in [0.05, 0.1) is 28.2 Å². The van der Waals surface area contributed by atoms with E-state index in [0.29, 0.717) is 11.1 Å². The Morgan fingerprint density at radius 1 is 0.757 bits per heavy atom. The van der Waals surface area contributed by atoms with Crippen LogP contribution < -0.4 is 0 Å². The van der Waals surface area contributed by atoms with Gasteiger partial charge in [-0.05, 0) is 48.2 Å². The lowest BCUT2D eigenvalue weighted by molar-refractivity contribution is -0.154. The number of carbonyl (C=O) groups excluding carboxylic acids is 2. The van der Waals surface area contributed by atoms with E-state index in [4.69, 9.17) is 4.74 Å². The molecule has 1 aliphatic heterocycles. The fourth-order valence-electron chi connectivity index (χ4n) is 4.76. The lowest BCUT2D eigenvalue weighted by atomic mass is 9.66. The molecule has 2 unspecified atom stereocenters. The van der Waals surface area contributed by atoms with Crippen LogP contribution in [0.15, 0.2) is 60.2 Å². The molecule has 2 aliphatic rings. The number of ether oxygens (including phenoxy) is 1. The second-order valence-electron chi connectivity index (χ2n) is 8.62. The zero-order valence-corrected chi connectivity index (χ0v) is 18.8. The summed E-state index contributed by atoms with van der Waals surface area (Å²) in [6.45, 7) is 0. The molecule has 0 amide bonds. The van der Waals surface area contributed by atoms with Gasteiger partial charge in [-0.1, -0.05) is 35.9 Å². The van der Waals surface area contributed by atoms with Gasteiger partial charge in [0.2, 0.25) is 0 Å². The maximum absolute atomic E-state index is 12.9. The van der Waals surface area contributed by atoms with Crippen LogP contribution in [0.25, 0.3) is 0 Å². The van der Waals surface area contributed by atoms with Crippen molar-refractivity contribution in [1.82, 2.24) is 0 Å². The Kier molecular flexibility index (Phi) is 6.22. The normalized spacial score (nSPS) is 20.1. The molecule has 1 fully saturated rings. The first-order valence-electron chi connectivity index (χ1n) is 10.8. The van der Waals surface area contributed by atoms with E-state index in [9.17, 15) is 49.2 Å². The number of carbonyl (C=O) groups is 6. The summed E-state index contributed by atoms with van der Waals surface area (Å²) in [7, 11) is 0. The van der Waals surface area contributed by atoms with Crippen LogP contribution in [0.3, 0.4) is 0 Å². The molecule has 0 aromatic heterocycles. The number of carboxylic acids is 4.